The maximum atomic E-state index is 13.6. The smallest absolute Gasteiger partial charge is 0.266 e. The van der Waals surface area contributed by atoms with Crippen molar-refractivity contribution in [2.24, 2.45) is 5.92 Å². The van der Waals surface area contributed by atoms with E-state index in [1.807, 2.05) is 79.7 Å². The molecule has 5 rings (SSSR count). The summed E-state index contributed by atoms with van der Waals surface area (Å²) in [5.74, 6) is -0.514. The summed E-state index contributed by atoms with van der Waals surface area (Å²) in [5, 5.41) is 1.69. The number of benzene rings is 3. The second kappa shape index (κ2) is 7.56. The monoisotopic (exact) mass is 414 g/mol. The number of anilines is 2. The first-order valence-electron chi connectivity index (χ1n) is 10.2. The second-order valence-electron chi connectivity index (χ2n) is 7.78. The summed E-state index contributed by atoms with van der Waals surface area (Å²) in [6, 6.07) is 24.0. The Morgan fingerprint density at radius 3 is 2.23 bits per heavy atom. The number of ether oxygens (including phenoxy) is 1. The normalized spacial score (nSPS) is 22.7. The quantitative estimate of drug-likeness (QED) is 0.603. The minimum atomic E-state index is -0.875. The number of para-hydroxylation sites is 1. The van der Waals surface area contributed by atoms with Gasteiger partial charge in [-0.2, -0.15) is 0 Å². The molecule has 2 fully saturated rings. The summed E-state index contributed by atoms with van der Waals surface area (Å²) in [4.78, 5) is 34.3. The third kappa shape index (κ3) is 3.16. The lowest BCUT2D eigenvalue weighted by molar-refractivity contribution is -0.126. The highest BCUT2D eigenvalue weighted by molar-refractivity contribution is 6.23. The van der Waals surface area contributed by atoms with Crippen molar-refractivity contribution < 1.29 is 19.2 Å². The largest absolute Gasteiger partial charge is 0.497 e. The van der Waals surface area contributed by atoms with E-state index in [4.69, 9.17) is 9.57 Å². The van der Waals surface area contributed by atoms with Crippen molar-refractivity contribution >= 4 is 23.2 Å². The van der Waals surface area contributed by atoms with Crippen LogP contribution in [-0.4, -0.2) is 25.0 Å². The summed E-state index contributed by atoms with van der Waals surface area (Å²) < 4.78 is 5.28. The van der Waals surface area contributed by atoms with Gasteiger partial charge in [-0.05, 0) is 54.4 Å². The highest BCUT2D eigenvalue weighted by Gasteiger charge is 2.60. The molecule has 156 valence electrons. The number of fused-ring (bicyclic) bond motifs is 1. The van der Waals surface area contributed by atoms with Crippen LogP contribution < -0.4 is 14.7 Å². The summed E-state index contributed by atoms with van der Waals surface area (Å²) in [6.45, 7) is 1.93. The molecule has 31 heavy (non-hydrogen) atoms. The van der Waals surface area contributed by atoms with Gasteiger partial charge in [0.05, 0.1) is 24.5 Å². The number of hydrogen-bond acceptors (Lipinski definition) is 5. The molecule has 2 saturated heterocycles. The number of carbonyl (C=O) groups is 2. The highest BCUT2D eigenvalue weighted by Crippen LogP contribution is 2.47. The maximum Gasteiger partial charge on any atom is 0.266 e. The molecule has 2 heterocycles. The molecule has 6 heteroatoms. The highest BCUT2D eigenvalue weighted by atomic mass is 16.7. The molecule has 0 aliphatic carbocycles. The van der Waals surface area contributed by atoms with Crippen molar-refractivity contribution in [2.75, 3.05) is 17.1 Å². The average molecular weight is 414 g/mol. The molecule has 0 spiro atoms. The summed E-state index contributed by atoms with van der Waals surface area (Å²) >= 11 is 0. The lowest BCUT2D eigenvalue weighted by Crippen LogP contribution is -2.37. The fraction of sp³-hybridized carbons (Fsp3) is 0.200. The van der Waals surface area contributed by atoms with Crippen molar-refractivity contribution in [3.8, 4) is 5.75 Å². The second-order valence-corrected chi connectivity index (χ2v) is 7.78. The van der Waals surface area contributed by atoms with Gasteiger partial charge in [0.25, 0.3) is 5.91 Å². The topological polar surface area (TPSA) is 59.1 Å². The van der Waals surface area contributed by atoms with Gasteiger partial charge >= 0.3 is 0 Å². The van der Waals surface area contributed by atoms with E-state index >= 15 is 0 Å². The minimum absolute atomic E-state index is 0.250. The zero-order valence-corrected chi connectivity index (χ0v) is 17.3. The minimum Gasteiger partial charge on any atom is -0.497 e. The molecule has 0 unspecified atom stereocenters. The van der Waals surface area contributed by atoms with E-state index in [9.17, 15) is 9.59 Å². The van der Waals surface area contributed by atoms with Crippen molar-refractivity contribution in [3.05, 3.63) is 90.0 Å². The van der Waals surface area contributed by atoms with E-state index in [0.29, 0.717) is 5.69 Å². The first-order chi connectivity index (χ1) is 15.1. The molecule has 0 radical (unpaired) electrons. The Balaban J connectivity index is 1.58. The van der Waals surface area contributed by atoms with Crippen LogP contribution in [0.1, 0.15) is 17.2 Å². The van der Waals surface area contributed by atoms with E-state index in [1.54, 1.807) is 18.2 Å². The standard InChI is InChI=1S/C25H22N2O4/c1-16-7-6-10-19(15-16)26-24(28)21-22(17-11-13-20(30-2)14-12-17)27(31-23(21)25(26)29)18-8-4-3-5-9-18/h3-15,21-23H,1-2H3/t21-,22+,23+/m1/s1. The number of methoxy groups -OCH3 is 1. The van der Waals surface area contributed by atoms with Gasteiger partial charge < -0.3 is 4.74 Å². The van der Waals surface area contributed by atoms with Crippen LogP contribution in [0.5, 0.6) is 5.75 Å². The lowest BCUT2D eigenvalue weighted by Gasteiger charge is -2.28. The Morgan fingerprint density at radius 1 is 0.839 bits per heavy atom. The number of hydrogen-bond donors (Lipinski definition) is 0. The van der Waals surface area contributed by atoms with Gasteiger partial charge in [0.1, 0.15) is 11.7 Å². The SMILES string of the molecule is COc1ccc([C@H]2[C@H]3C(=O)N(c4cccc(C)c4)C(=O)[C@H]3ON2c2ccccc2)cc1. The van der Waals surface area contributed by atoms with Gasteiger partial charge in [-0.25, -0.2) is 9.96 Å². The molecule has 2 aliphatic rings. The molecule has 2 amide bonds. The number of aryl methyl sites for hydroxylation is 1. The van der Waals surface area contributed by atoms with E-state index in [1.165, 1.54) is 4.90 Å². The molecule has 0 saturated carbocycles. The van der Waals surface area contributed by atoms with Crippen LogP contribution in [-0.2, 0) is 14.4 Å². The van der Waals surface area contributed by atoms with Gasteiger partial charge in [-0.3, -0.25) is 14.4 Å². The van der Waals surface area contributed by atoms with Crippen LogP contribution in [0.4, 0.5) is 11.4 Å². The number of carbonyl (C=O) groups excluding carboxylic acids is 2. The fourth-order valence-corrected chi connectivity index (χ4v) is 4.37. The van der Waals surface area contributed by atoms with Crippen molar-refractivity contribution in [2.45, 2.75) is 19.1 Å². The van der Waals surface area contributed by atoms with Crippen molar-refractivity contribution in [3.63, 3.8) is 0 Å². The summed E-state index contributed by atoms with van der Waals surface area (Å²) in [5.41, 5.74) is 3.23. The Bertz CT molecular complexity index is 1130. The Morgan fingerprint density at radius 2 is 1.55 bits per heavy atom. The number of hydroxylamine groups is 1. The van der Waals surface area contributed by atoms with E-state index < -0.39 is 18.1 Å². The van der Waals surface area contributed by atoms with Crippen molar-refractivity contribution in [1.29, 1.82) is 0 Å². The fourth-order valence-electron chi connectivity index (χ4n) is 4.37. The number of rotatable bonds is 4. The molecule has 0 N–H and O–H groups in total. The summed E-state index contributed by atoms with van der Waals surface area (Å²) in [7, 11) is 1.61. The van der Waals surface area contributed by atoms with Gasteiger partial charge in [0, 0.05) is 0 Å². The Kier molecular flexibility index (Phi) is 4.71. The molecule has 3 aromatic carbocycles. The van der Waals surface area contributed by atoms with Crippen LogP contribution in [0.15, 0.2) is 78.9 Å². The number of nitrogens with zero attached hydrogens (tertiary/aromatic N) is 2. The van der Waals surface area contributed by atoms with Crippen molar-refractivity contribution in [1.82, 2.24) is 0 Å². The molecule has 0 aromatic heterocycles. The summed E-state index contributed by atoms with van der Waals surface area (Å²) in [6.07, 6.45) is -0.875. The lowest BCUT2D eigenvalue weighted by atomic mass is 9.90. The third-order valence-electron chi connectivity index (χ3n) is 5.84. The van der Waals surface area contributed by atoms with Crippen LogP contribution in [0.3, 0.4) is 0 Å². The first-order valence-corrected chi connectivity index (χ1v) is 10.2. The van der Waals surface area contributed by atoms with Gasteiger partial charge in [-0.15, -0.1) is 0 Å². The zero-order valence-electron chi connectivity index (χ0n) is 17.3. The first kappa shape index (κ1) is 19.3. The number of amides is 2. The molecular weight excluding hydrogens is 392 g/mol. The molecule has 3 aromatic rings. The third-order valence-corrected chi connectivity index (χ3v) is 5.84. The van der Waals surface area contributed by atoms with Crippen LogP contribution in [0.25, 0.3) is 0 Å². The molecule has 6 nitrogen and oxygen atoms in total. The average Bonchev–Trinajstić information content (AvgIpc) is 3.30. The molecular formula is C25H22N2O4. The Labute approximate surface area is 180 Å². The molecule has 2 aliphatic heterocycles. The predicted octanol–water partition coefficient (Wildman–Crippen LogP) is 4.05. The van der Waals surface area contributed by atoms with E-state index in [2.05, 4.69) is 0 Å². The predicted molar refractivity (Wildman–Crippen MR) is 117 cm³/mol. The van der Waals surface area contributed by atoms with Crippen LogP contribution in [0.2, 0.25) is 0 Å². The van der Waals surface area contributed by atoms with Crippen LogP contribution >= 0.6 is 0 Å². The van der Waals surface area contributed by atoms with Gasteiger partial charge in [0.2, 0.25) is 5.91 Å². The van der Waals surface area contributed by atoms with Gasteiger partial charge in [-0.1, -0.05) is 42.5 Å². The number of imide groups is 1. The van der Waals surface area contributed by atoms with E-state index in [-0.39, 0.29) is 11.8 Å². The Hall–Kier alpha value is -3.64. The maximum absolute atomic E-state index is 13.6. The van der Waals surface area contributed by atoms with E-state index in [0.717, 1.165) is 22.6 Å². The zero-order chi connectivity index (χ0) is 21.5. The van der Waals surface area contributed by atoms with Crippen LogP contribution in [0, 0.1) is 12.8 Å². The van der Waals surface area contributed by atoms with Gasteiger partial charge in [0.15, 0.2) is 6.10 Å². The molecule has 0 bridgehead atoms. The molecule has 3 atom stereocenters.